The Hall–Kier alpha value is -3.41. The van der Waals surface area contributed by atoms with Crippen LogP contribution in [0.5, 0.6) is 0 Å². The molecule has 4 rings (SSSR count). The lowest BCUT2D eigenvalue weighted by Gasteiger charge is -2.09. The molecule has 2 aromatic heterocycles. The van der Waals surface area contributed by atoms with Crippen molar-refractivity contribution in [2.24, 2.45) is 0 Å². The molecule has 30 heavy (non-hydrogen) atoms. The fourth-order valence-electron chi connectivity index (χ4n) is 3.69. The molecule has 0 saturated carbocycles. The molecule has 0 saturated heterocycles. The molecule has 0 radical (unpaired) electrons. The molecule has 0 bridgehead atoms. The minimum absolute atomic E-state index is 0.269. The van der Waals surface area contributed by atoms with Gasteiger partial charge in [-0.25, -0.2) is 4.63 Å². The molecule has 0 aliphatic heterocycles. The Bertz CT molecular complexity index is 1220. The van der Waals surface area contributed by atoms with E-state index in [9.17, 15) is 4.79 Å². The number of aromatic nitrogens is 2. The maximum absolute atomic E-state index is 13.0. The van der Waals surface area contributed by atoms with Crippen molar-refractivity contribution in [2.45, 2.75) is 47.0 Å². The minimum Gasteiger partial charge on any atom is -0.451 e. The first-order valence-corrected chi connectivity index (χ1v) is 10.3. The summed E-state index contributed by atoms with van der Waals surface area (Å²) in [7, 11) is 0. The molecule has 0 aliphatic carbocycles. The van der Waals surface area contributed by atoms with Crippen LogP contribution in [0.25, 0.3) is 22.2 Å². The molecule has 154 valence electrons. The van der Waals surface area contributed by atoms with Gasteiger partial charge in [-0.05, 0) is 71.4 Å². The number of nitrogens with one attached hydrogen (secondary N) is 1. The van der Waals surface area contributed by atoms with E-state index < -0.39 is 0 Å². The molecule has 0 unspecified atom stereocenters. The number of fused-ring (bicyclic) bond motifs is 1. The van der Waals surface area contributed by atoms with Gasteiger partial charge >= 0.3 is 0 Å². The zero-order chi connectivity index (χ0) is 21.3. The maximum atomic E-state index is 13.0. The first-order valence-electron chi connectivity index (χ1n) is 10.3. The van der Waals surface area contributed by atoms with Crippen molar-refractivity contribution in [2.75, 3.05) is 5.32 Å². The van der Waals surface area contributed by atoms with E-state index in [1.807, 2.05) is 19.1 Å². The molecule has 6 heteroatoms. The topological polar surface area (TPSA) is 81.2 Å². The van der Waals surface area contributed by atoms with Crippen molar-refractivity contribution in [3.05, 3.63) is 64.4 Å². The number of hydrogen-bond acceptors (Lipinski definition) is 5. The Morgan fingerprint density at radius 2 is 1.70 bits per heavy atom. The second kappa shape index (κ2) is 8.14. The Morgan fingerprint density at radius 1 is 0.967 bits per heavy atom. The molecule has 6 nitrogen and oxygen atoms in total. The van der Waals surface area contributed by atoms with Gasteiger partial charge in [0.2, 0.25) is 5.82 Å². The summed E-state index contributed by atoms with van der Waals surface area (Å²) in [5.74, 6) is 0.186. The lowest BCUT2D eigenvalue weighted by Crippen LogP contribution is -2.13. The van der Waals surface area contributed by atoms with Crippen LogP contribution in [0, 0.1) is 6.92 Å². The van der Waals surface area contributed by atoms with Gasteiger partial charge in [0.15, 0.2) is 11.5 Å². The molecular weight excluding hydrogens is 378 g/mol. The van der Waals surface area contributed by atoms with Crippen LogP contribution >= 0.6 is 0 Å². The smallest absolute Gasteiger partial charge is 0.292 e. The molecule has 4 aromatic rings. The van der Waals surface area contributed by atoms with E-state index in [2.05, 4.69) is 60.7 Å². The van der Waals surface area contributed by atoms with Crippen LogP contribution in [0.3, 0.4) is 0 Å². The van der Waals surface area contributed by atoms with E-state index in [-0.39, 0.29) is 17.5 Å². The zero-order valence-electron chi connectivity index (χ0n) is 17.7. The van der Waals surface area contributed by atoms with Gasteiger partial charge in [0, 0.05) is 16.5 Å². The quantitative estimate of drug-likeness (QED) is 0.444. The largest absolute Gasteiger partial charge is 0.451 e. The van der Waals surface area contributed by atoms with Crippen LogP contribution < -0.4 is 5.32 Å². The first-order chi connectivity index (χ1) is 14.5. The highest BCUT2D eigenvalue weighted by molar-refractivity contribution is 6.07. The van der Waals surface area contributed by atoms with E-state index in [1.165, 1.54) is 11.1 Å². The highest BCUT2D eigenvalue weighted by Crippen LogP contribution is 2.31. The predicted molar refractivity (Wildman–Crippen MR) is 117 cm³/mol. The Morgan fingerprint density at radius 3 is 2.43 bits per heavy atom. The fraction of sp³-hybridized carbons (Fsp3) is 0.292. The van der Waals surface area contributed by atoms with E-state index in [4.69, 9.17) is 9.05 Å². The monoisotopic (exact) mass is 403 g/mol. The molecule has 0 aliphatic rings. The second-order valence-corrected chi connectivity index (χ2v) is 7.35. The van der Waals surface area contributed by atoms with Gasteiger partial charge in [-0.15, -0.1) is 0 Å². The number of carbonyl (C=O) groups excluding carboxylic acids is 1. The highest BCUT2D eigenvalue weighted by Gasteiger charge is 2.23. The first kappa shape index (κ1) is 19.9. The molecule has 2 heterocycles. The van der Waals surface area contributed by atoms with E-state index in [0.717, 1.165) is 41.3 Å². The third-order valence-electron chi connectivity index (χ3n) is 5.55. The molecule has 2 aromatic carbocycles. The van der Waals surface area contributed by atoms with Crippen LogP contribution in [-0.2, 0) is 19.3 Å². The highest BCUT2D eigenvalue weighted by atomic mass is 16.6. The van der Waals surface area contributed by atoms with Gasteiger partial charge in [0.25, 0.3) is 5.91 Å². The van der Waals surface area contributed by atoms with Crippen LogP contribution in [-0.4, -0.2) is 16.2 Å². The van der Waals surface area contributed by atoms with E-state index in [0.29, 0.717) is 11.3 Å². The van der Waals surface area contributed by atoms with E-state index in [1.54, 1.807) is 0 Å². The average molecular weight is 403 g/mol. The Balaban J connectivity index is 1.69. The van der Waals surface area contributed by atoms with Gasteiger partial charge in [-0.3, -0.25) is 10.1 Å². The zero-order valence-corrected chi connectivity index (χ0v) is 17.7. The fourth-order valence-corrected chi connectivity index (χ4v) is 3.69. The number of rotatable bonds is 6. The van der Waals surface area contributed by atoms with Crippen LogP contribution in [0.4, 0.5) is 5.82 Å². The Labute approximate surface area is 175 Å². The third kappa shape index (κ3) is 3.49. The summed E-state index contributed by atoms with van der Waals surface area (Å²) in [6, 6.07) is 12.3. The number of furan rings is 1. The molecular formula is C24H25N3O3. The average Bonchev–Trinajstić information content (AvgIpc) is 3.37. The summed E-state index contributed by atoms with van der Waals surface area (Å²) in [4.78, 5) is 13.0. The molecule has 0 atom stereocenters. The normalized spacial score (nSPS) is 11.2. The number of aryl methyl sites for hydroxylation is 4. The molecule has 1 amide bonds. The number of anilines is 1. The molecule has 0 fully saturated rings. The SMILES string of the molecule is CCc1ccc(CC)c(-c2nonc2NC(=O)c2oc3ccc(CC)cc3c2C)c1. The Kier molecular flexibility index (Phi) is 5.40. The number of hydrogen-bond donors (Lipinski definition) is 1. The van der Waals surface area contributed by atoms with Gasteiger partial charge in [0.05, 0.1) is 0 Å². The number of nitrogens with zero attached hydrogens (tertiary/aromatic N) is 2. The number of amides is 1. The van der Waals surface area contributed by atoms with Crippen molar-refractivity contribution in [1.29, 1.82) is 0 Å². The second-order valence-electron chi connectivity index (χ2n) is 7.35. The van der Waals surface area contributed by atoms with E-state index >= 15 is 0 Å². The number of benzene rings is 2. The van der Waals surface area contributed by atoms with Crippen molar-refractivity contribution >= 4 is 22.7 Å². The molecule has 0 spiro atoms. The van der Waals surface area contributed by atoms with Gasteiger partial charge < -0.3 is 4.42 Å². The summed E-state index contributed by atoms with van der Waals surface area (Å²) in [6.45, 7) is 8.17. The lowest BCUT2D eigenvalue weighted by molar-refractivity contribution is 0.0997. The van der Waals surface area contributed by atoms with Crippen molar-refractivity contribution in [3.63, 3.8) is 0 Å². The van der Waals surface area contributed by atoms with Crippen LogP contribution in [0.1, 0.15) is 53.6 Å². The maximum Gasteiger partial charge on any atom is 0.292 e. The summed E-state index contributed by atoms with van der Waals surface area (Å²) >= 11 is 0. The van der Waals surface area contributed by atoms with Crippen LogP contribution in [0.15, 0.2) is 45.4 Å². The van der Waals surface area contributed by atoms with Crippen molar-refractivity contribution < 1.29 is 13.8 Å². The third-order valence-corrected chi connectivity index (χ3v) is 5.55. The van der Waals surface area contributed by atoms with Crippen LogP contribution in [0.2, 0.25) is 0 Å². The molecule has 1 N–H and O–H groups in total. The van der Waals surface area contributed by atoms with Crippen molar-refractivity contribution in [1.82, 2.24) is 10.3 Å². The summed E-state index contributed by atoms with van der Waals surface area (Å²) in [6.07, 6.45) is 2.66. The standard InChI is InChI=1S/C24H25N3O3/c1-5-15-8-10-17(7-3)19(13-15)21-23(27-30-26-21)25-24(28)22-14(4)18-12-16(6-2)9-11-20(18)29-22/h8-13H,5-7H2,1-4H3,(H,25,27,28). The summed E-state index contributed by atoms with van der Waals surface area (Å²) in [5.41, 5.74) is 6.44. The van der Waals surface area contributed by atoms with Crippen molar-refractivity contribution in [3.8, 4) is 11.3 Å². The van der Waals surface area contributed by atoms with Gasteiger partial charge in [0.1, 0.15) is 5.58 Å². The summed E-state index contributed by atoms with van der Waals surface area (Å²) in [5, 5.41) is 11.8. The summed E-state index contributed by atoms with van der Waals surface area (Å²) < 4.78 is 10.8. The minimum atomic E-state index is -0.372. The van der Waals surface area contributed by atoms with Gasteiger partial charge in [-0.2, -0.15) is 0 Å². The number of carbonyl (C=O) groups is 1. The van der Waals surface area contributed by atoms with Gasteiger partial charge in [-0.1, -0.05) is 39.0 Å². The predicted octanol–water partition coefficient (Wildman–Crippen LogP) is 5.73. The lowest BCUT2D eigenvalue weighted by atomic mass is 9.98.